The number of hydrogen-bond acceptors (Lipinski definition) is 3. The first-order chi connectivity index (χ1) is 12.5. The topological polar surface area (TPSA) is 66.6 Å². The Morgan fingerprint density at radius 1 is 0.926 bits per heavy atom. The molecule has 7 heteroatoms. The Labute approximate surface area is 170 Å². The minimum atomic E-state index is -0.672. The standard InChI is InChI=1S/C20H22ClN3O2.ClH/c1-14-2-4-15(5-3-14)18(22)20(26)24-12-10-23(11-13-24)19(25)16-6-8-17(21)9-7-16;/h2-9,18H,10-13,22H2,1H3;1H. The predicted octanol–water partition coefficient (Wildman–Crippen LogP) is 3.05. The third-order valence-corrected chi connectivity index (χ3v) is 4.92. The van der Waals surface area contributed by atoms with Crippen LogP contribution in [0.1, 0.15) is 27.5 Å². The van der Waals surface area contributed by atoms with Gasteiger partial charge in [0.2, 0.25) is 5.91 Å². The molecule has 5 nitrogen and oxygen atoms in total. The fourth-order valence-electron chi connectivity index (χ4n) is 3.02. The van der Waals surface area contributed by atoms with Crippen molar-refractivity contribution in [2.75, 3.05) is 26.2 Å². The van der Waals surface area contributed by atoms with E-state index < -0.39 is 6.04 Å². The van der Waals surface area contributed by atoms with Gasteiger partial charge in [0.05, 0.1) is 0 Å². The zero-order valence-corrected chi connectivity index (χ0v) is 16.7. The SMILES string of the molecule is Cc1ccc(C(N)C(=O)N2CCN(C(=O)c3ccc(Cl)cc3)CC2)cc1.Cl. The van der Waals surface area contributed by atoms with Crippen molar-refractivity contribution >= 4 is 35.8 Å². The molecule has 0 bridgehead atoms. The number of aryl methyl sites for hydroxylation is 1. The highest BCUT2D eigenvalue weighted by molar-refractivity contribution is 6.30. The zero-order chi connectivity index (χ0) is 18.7. The van der Waals surface area contributed by atoms with Crippen LogP contribution in [0.5, 0.6) is 0 Å². The van der Waals surface area contributed by atoms with Crippen LogP contribution in [0.4, 0.5) is 0 Å². The van der Waals surface area contributed by atoms with Crippen LogP contribution in [-0.2, 0) is 4.79 Å². The Balaban J connectivity index is 0.00000261. The molecule has 1 aliphatic heterocycles. The van der Waals surface area contributed by atoms with Crippen molar-refractivity contribution in [3.05, 3.63) is 70.2 Å². The van der Waals surface area contributed by atoms with Gasteiger partial charge in [-0.25, -0.2) is 0 Å². The Bertz CT molecular complexity index is 786. The summed E-state index contributed by atoms with van der Waals surface area (Å²) < 4.78 is 0. The molecule has 0 spiro atoms. The van der Waals surface area contributed by atoms with Gasteiger partial charge in [-0.1, -0.05) is 41.4 Å². The molecule has 0 aliphatic carbocycles. The second-order valence-corrected chi connectivity index (χ2v) is 6.95. The molecule has 1 fully saturated rings. The van der Waals surface area contributed by atoms with Crippen LogP contribution >= 0.6 is 24.0 Å². The molecule has 1 atom stereocenters. The minimum absolute atomic E-state index is 0. The van der Waals surface area contributed by atoms with Gasteiger partial charge in [0.25, 0.3) is 5.91 Å². The van der Waals surface area contributed by atoms with Crippen LogP contribution in [0, 0.1) is 6.92 Å². The fraction of sp³-hybridized carbons (Fsp3) is 0.300. The first-order valence-corrected chi connectivity index (χ1v) is 8.99. The number of hydrogen-bond donors (Lipinski definition) is 1. The molecule has 1 unspecified atom stereocenters. The molecule has 2 aromatic carbocycles. The summed E-state index contributed by atoms with van der Waals surface area (Å²) in [6.45, 7) is 3.95. The van der Waals surface area contributed by atoms with Gasteiger partial charge in [-0.3, -0.25) is 9.59 Å². The highest BCUT2D eigenvalue weighted by Gasteiger charge is 2.28. The van der Waals surface area contributed by atoms with Crippen LogP contribution in [0.15, 0.2) is 48.5 Å². The summed E-state index contributed by atoms with van der Waals surface area (Å²) in [5.41, 5.74) is 8.67. The third-order valence-electron chi connectivity index (χ3n) is 4.67. The van der Waals surface area contributed by atoms with Crippen LogP contribution in [-0.4, -0.2) is 47.8 Å². The van der Waals surface area contributed by atoms with Crippen molar-refractivity contribution in [1.82, 2.24) is 9.80 Å². The number of carbonyl (C=O) groups excluding carboxylic acids is 2. The van der Waals surface area contributed by atoms with E-state index in [9.17, 15) is 9.59 Å². The Hall–Kier alpha value is -2.08. The average Bonchev–Trinajstić information content (AvgIpc) is 2.67. The summed E-state index contributed by atoms with van der Waals surface area (Å²) in [5.74, 6) is -0.149. The summed E-state index contributed by atoms with van der Waals surface area (Å²) in [6.07, 6.45) is 0. The van der Waals surface area contributed by atoms with Gasteiger partial charge in [-0.15, -0.1) is 12.4 Å². The minimum Gasteiger partial charge on any atom is -0.337 e. The molecule has 0 aromatic heterocycles. The summed E-state index contributed by atoms with van der Waals surface area (Å²) in [7, 11) is 0. The lowest BCUT2D eigenvalue weighted by molar-refractivity contribution is -0.134. The molecule has 0 saturated carbocycles. The Kier molecular flexibility index (Phi) is 7.25. The van der Waals surface area contributed by atoms with Gasteiger partial charge >= 0.3 is 0 Å². The van der Waals surface area contributed by atoms with Crippen LogP contribution in [0.3, 0.4) is 0 Å². The molecule has 1 saturated heterocycles. The van der Waals surface area contributed by atoms with E-state index in [0.29, 0.717) is 36.8 Å². The van der Waals surface area contributed by atoms with Crippen molar-refractivity contribution in [1.29, 1.82) is 0 Å². The lowest BCUT2D eigenvalue weighted by atomic mass is 10.0. The molecule has 144 valence electrons. The van der Waals surface area contributed by atoms with Gasteiger partial charge in [0.15, 0.2) is 0 Å². The van der Waals surface area contributed by atoms with E-state index in [1.807, 2.05) is 31.2 Å². The van der Waals surface area contributed by atoms with Crippen LogP contribution < -0.4 is 5.73 Å². The van der Waals surface area contributed by atoms with Crippen molar-refractivity contribution < 1.29 is 9.59 Å². The van der Waals surface area contributed by atoms with E-state index in [0.717, 1.165) is 11.1 Å². The molecule has 27 heavy (non-hydrogen) atoms. The molecule has 2 N–H and O–H groups in total. The molecule has 1 heterocycles. The normalized spacial score (nSPS) is 15.1. The maximum atomic E-state index is 12.7. The first kappa shape index (κ1) is 21.2. The summed E-state index contributed by atoms with van der Waals surface area (Å²) in [5, 5.41) is 0.599. The molecular weight excluding hydrogens is 385 g/mol. The average molecular weight is 408 g/mol. The highest BCUT2D eigenvalue weighted by Crippen LogP contribution is 2.17. The van der Waals surface area contributed by atoms with E-state index in [1.165, 1.54) is 0 Å². The van der Waals surface area contributed by atoms with E-state index in [1.54, 1.807) is 34.1 Å². The van der Waals surface area contributed by atoms with Crippen LogP contribution in [0.25, 0.3) is 0 Å². The summed E-state index contributed by atoms with van der Waals surface area (Å²) in [6, 6.07) is 13.8. The maximum absolute atomic E-state index is 12.7. The van der Waals surface area contributed by atoms with E-state index in [2.05, 4.69) is 0 Å². The van der Waals surface area contributed by atoms with Crippen molar-refractivity contribution in [2.24, 2.45) is 5.73 Å². The number of nitrogens with two attached hydrogens (primary N) is 1. The smallest absolute Gasteiger partial charge is 0.253 e. The second kappa shape index (κ2) is 9.22. The fourth-order valence-corrected chi connectivity index (χ4v) is 3.14. The molecule has 0 radical (unpaired) electrons. The van der Waals surface area contributed by atoms with Crippen molar-refractivity contribution in [2.45, 2.75) is 13.0 Å². The molecule has 3 rings (SSSR count). The number of rotatable bonds is 3. The maximum Gasteiger partial charge on any atom is 0.253 e. The van der Waals surface area contributed by atoms with Gasteiger partial charge in [0, 0.05) is 36.8 Å². The van der Waals surface area contributed by atoms with Gasteiger partial charge < -0.3 is 15.5 Å². The first-order valence-electron chi connectivity index (χ1n) is 8.61. The zero-order valence-electron chi connectivity index (χ0n) is 15.1. The second-order valence-electron chi connectivity index (χ2n) is 6.51. The number of benzene rings is 2. The number of amides is 2. The number of halogens is 2. The lowest BCUT2D eigenvalue weighted by Gasteiger charge is -2.36. The van der Waals surface area contributed by atoms with Crippen molar-refractivity contribution in [3.63, 3.8) is 0 Å². The van der Waals surface area contributed by atoms with E-state index >= 15 is 0 Å². The number of carbonyl (C=O) groups is 2. The molecule has 2 amide bonds. The largest absolute Gasteiger partial charge is 0.337 e. The number of nitrogens with zero attached hydrogens (tertiary/aromatic N) is 2. The molecule has 2 aromatic rings. The summed E-state index contributed by atoms with van der Waals surface area (Å²) >= 11 is 5.86. The Morgan fingerprint density at radius 3 is 2.00 bits per heavy atom. The summed E-state index contributed by atoms with van der Waals surface area (Å²) in [4.78, 5) is 28.7. The van der Waals surface area contributed by atoms with E-state index in [4.69, 9.17) is 17.3 Å². The van der Waals surface area contributed by atoms with E-state index in [-0.39, 0.29) is 24.2 Å². The van der Waals surface area contributed by atoms with Crippen molar-refractivity contribution in [3.8, 4) is 0 Å². The number of piperazine rings is 1. The lowest BCUT2D eigenvalue weighted by Crippen LogP contribution is -2.52. The van der Waals surface area contributed by atoms with Crippen LogP contribution in [0.2, 0.25) is 5.02 Å². The Morgan fingerprint density at radius 2 is 1.44 bits per heavy atom. The van der Waals surface area contributed by atoms with Gasteiger partial charge in [-0.05, 0) is 36.8 Å². The van der Waals surface area contributed by atoms with Gasteiger partial charge in [-0.2, -0.15) is 0 Å². The molecule has 1 aliphatic rings. The third kappa shape index (κ3) is 5.01. The predicted molar refractivity (Wildman–Crippen MR) is 109 cm³/mol. The monoisotopic (exact) mass is 407 g/mol. The molecular formula is C20H23Cl2N3O2. The quantitative estimate of drug-likeness (QED) is 0.849. The van der Waals surface area contributed by atoms with Gasteiger partial charge in [0.1, 0.15) is 6.04 Å². The highest BCUT2D eigenvalue weighted by atomic mass is 35.5.